The van der Waals surface area contributed by atoms with E-state index < -0.39 is 0 Å². The molecule has 0 saturated heterocycles. The summed E-state index contributed by atoms with van der Waals surface area (Å²) in [5.41, 5.74) is 8.95. The summed E-state index contributed by atoms with van der Waals surface area (Å²) >= 11 is 5.96. The van der Waals surface area contributed by atoms with E-state index in [1.807, 2.05) is 54.3 Å². The molecule has 0 amide bonds. The Labute approximate surface area is 177 Å². The molecule has 0 aliphatic carbocycles. The highest BCUT2D eigenvalue weighted by Crippen LogP contribution is 2.22. The van der Waals surface area contributed by atoms with Crippen LogP contribution in [-0.2, 0) is 13.0 Å². The quantitative estimate of drug-likeness (QED) is 0.516. The van der Waals surface area contributed by atoms with Crippen LogP contribution in [0.1, 0.15) is 17.5 Å². The van der Waals surface area contributed by atoms with Crippen LogP contribution in [0.5, 0.6) is 5.75 Å². The number of halogens is 3. The van der Waals surface area contributed by atoms with Crippen molar-refractivity contribution in [1.29, 1.82) is 0 Å². The number of nitrogens with two attached hydrogens (primary N) is 1. The van der Waals surface area contributed by atoms with Crippen molar-refractivity contribution in [3.63, 3.8) is 0 Å². The van der Waals surface area contributed by atoms with Crippen LogP contribution in [0.2, 0.25) is 5.02 Å². The topological polar surface area (TPSA) is 53.1 Å². The molecule has 0 bridgehead atoms. The Hall–Kier alpha value is -1.88. The van der Waals surface area contributed by atoms with E-state index in [0.717, 1.165) is 41.4 Å². The van der Waals surface area contributed by atoms with Gasteiger partial charge in [0.15, 0.2) is 0 Å². The fourth-order valence-corrected chi connectivity index (χ4v) is 2.84. The third-order valence-electron chi connectivity index (χ3n) is 4.19. The predicted molar refractivity (Wildman–Crippen MR) is 117 cm³/mol. The van der Waals surface area contributed by atoms with Gasteiger partial charge in [0, 0.05) is 23.1 Å². The zero-order valence-electron chi connectivity index (χ0n) is 15.0. The van der Waals surface area contributed by atoms with Crippen LogP contribution in [0.15, 0.2) is 61.2 Å². The molecule has 3 aromatic rings. The summed E-state index contributed by atoms with van der Waals surface area (Å²) in [4.78, 5) is 4.11. The summed E-state index contributed by atoms with van der Waals surface area (Å²) in [6.07, 6.45) is 7.39. The van der Waals surface area contributed by atoms with Crippen molar-refractivity contribution in [3.8, 4) is 5.75 Å². The van der Waals surface area contributed by atoms with Gasteiger partial charge < -0.3 is 15.0 Å². The summed E-state index contributed by atoms with van der Waals surface area (Å²) in [6, 6.07) is 13.8. The van der Waals surface area contributed by atoms with Gasteiger partial charge in [-0.2, -0.15) is 0 Å². The number of benzene rings is 2. The van der Waals surface area contributed by atoms with Crippen LogP contribution in [0.4, 0.5) is 5.69 Å². The maximum atomic E-state index is 6.24. The fraction of sp³-hybridized carbons (Fsp3) is 0.250. The first kappa shape index (κ1) is 23.2. The number of nitrogens with zero attached hydrogens (tertiary/aromatic N) is 2. The van der Waals surface area contributed by atoms with Gasteiger partial charge in [0.25, 0.3) is 0 Å². The first-order valence-electron chi connectivity index (χ1n) is 8.33. The summed E-state index contributed by atoms with van der Waals surface area (Å²) in [5, 5.41) is 0.757. The molecule has 0 spiro atoms. The number of hydrogen-bond donors (Lipinski definition) is 1. The van der Waals surface area contributed by atoms with Gasteiger partial charge in [-0.15, -0.1) is 24.8 Å². The molecule has 3 rings (SSSR count). The predicted octanol–water partition coefficient (Wildman–Crippen LogP) is 5.35. The van der Waals surface area contributed by atoms with E-state index in [2.05, 4.69) is 17.1 Å². The molecular formula is C20H24Cl3N3O. The van der Waals surface area contributed by atoms with Gasteiger partial charge >= 0.3 is 0 Å². The molecule has 2 aromatic carbocycles. The fourth-order valence-electron chi connectivity index (χ4n) is 2.71. The molecule has 2 N–H and O–H groups in total. The van der Waals surface area contributed by atoms with E-state index in [0.29, 0.717) is 0 Å². The van der Waals surface area contributed by atoms with Crippen LogP contribution < -0.4 is 10.5 Å². The minimum Gasteiger partial charge on any atom is -0.489 e. The number of aryl methyl sites for hydroxylation is 2. The van der Waals surface area contributed by atoms with E-state index in [9.17, 15) is 0 Å². The third-order valence-corrected chi connectivity index (χ3v) is 4.44. The Morgan fingerprint density at radius 3 is 2.52 bits per heavy atom. The largest absolute Gasteiger partial charge is 0.489 e. The number of nitrogen functional groups attached to an aromatic ring is 1. The Bertz CT molecular complexity index is 808. The van der Waals surface area contributed by atoms with Crippen molar-refractivity contribution in [1.82, 2.24) is 9.55 Å². The van der Waals surface area contributed by atoms with Gasteiger partial charge in [0.2, 0.25) is 0 Å². The van der Waals surface area contributed by atoms with Crippen molar-refractivity contribution in [2.75, 3.05) is 5.73 Å². The van der Waals surface area contributed by atoms with Crippen LogP contribution in [-0.4, -0.2) is 15.7 Å². The molecule has 0 saturated carbocycles. The van der Waals surface area contributed by atoms with Gasteiger partial charge in [-0.05, 0) is 61.2 Å². The molecule has 0 aliphatic rings. The van der Waals surface area contributed by atoms with Crippen LogP contribution in [0.3, 0.4) is 0 Å². The van der Waals surface area contributed by atoms with Crippen molar-refractivity contribution < 1.29 is 4.74 Å². The average molecular weight is 429 g/mol. The minimum absolute atomic E-state index is 0. The van der Waals surface area contributed by atoms with E-state index in [1.54, 1.807) is 6.20 Å². The van der Waals surface area contributed by atoms with E-state index in [-0.39, 0.29) is 30.9 Å². The molecule has 4 nitrogen and oxygen atoms in total. The molecule has 0 fully saturated rings. The maximum Gasteiger partial charge on any atom is 0.120 e. The average Bonchev–Trinajstić information content (AvgIpc) is 3.10. The van der Waals surface area contributed by atoms with Crippen molar-refractivity contribution in [2.45, 2.75) is 32.4 Å². The Kier molecular flexibility index (Phi) is 9.50. The van der Waals surface area contributed by atoms with Gasteiger partial charge in [-0.25, -0.2) is 4.98 Å². The highest BCUT2D eigenvalue weighted by Gasteiger charge is 2.13. The number of hydrogen-bond acceptors (Lipinski definition) is 3. The number of ether oxygens (including phenoxy) is 1. The smallest absolute Gasteiger partial charge is 0.120 e. The van der Waals surface area contributed by atoms with Gasteiger partial charge in [-0.1, -0.05) is 23.7 Å². The normalized spacial score (nSPS) is 11.2. The zero-order valence-corrected chi connectivity index (χ0v) is 17.4. The van der Waals surface area contributed by atoms with Crippen LogP contribution >= 0.6 is 36.4 Å². The van der Waals surface area contributed by atoms with Crippen molar-refractivity contribution >= 4 is 42.1 Å². The summed E-state index contributed by atoms with van der Waals surface area (Å²) in [7, 11) is 0. The molecule has 27 heavy (non-hydrogen) atoms. The number of anilines is 1. The molecule has 146 valence electrons. The van der Waals surface area contributed by atoms with Crippen LogP contribution in [0.25, 0.3) is 0 Å². The van der Waals surface area contributed by atoms with Crippen LogP contribution in [0, 0.1) is 6.92 Å². The Morgan fingerprint density at radius 1 is 1.15 bits per heavy atom. The first-order valence-corrected chi connectivity index (χ1v) is 8.71. The summed E-state index contributed by atoms with van der Waals surface area (Å²) in [6.45, 7) is 2.73. The second-order valence-electron chi connectivity index (χ2n) is 6.18. The molecule has 1 heterocycles. The Morgan fingerprint density at radius 2 is 1.89 bits per heavy atom. The molecule has 1 unspecified atom stereocenters. The van der Waals surface area contributed by atoms with E-state index in [1.165, 1.54) is 5.56 Å². The monoisotopic (exact) mass is 427 g/mol. The molecule has 7 heteroatoms. The molecule has 0 aliphatic heterocycles. The number of imidazole rings is 1. The first-order chi connectivity index (χ1) is 12.1. The van der Waals surface area contributed by atoms with Gasteiger partial charge in [0.1, 0.15) is 11.9 Å². The maximum absolute atomic E-state index is 6.24. The zero-order chi connectivity index (χ0) is 17.6. The van der Waals surface area contributed by atoms with Crippen molar-refractivity contribution in [2.24, 2.45) is 0 Å². The van der Waals surface area contributed by atoms with E-state index in [4.69, 9.17) is 22.1 Å². The lowest BCUT2D eigenvalue weighted by molar-refractivity contribution is 0.170. The van der Waals surface area contributed by atoms with Crippen molar-refractivity contribution in [3.05, 3.63) is 77.3 Å². The highest BCUT2D eigenvalue weighted by molar-refractivity contribution is 6.30. The summed E-state index contributed by atoms with van der Waals surface area (Å²) in [5.74, 6) is 0.841. The molecule has 1 aromatic heterocycles. The standard InChI is InChI=1S/C20H22ClN3O.2ClH/c1-15-12-18(8-9-20(15)22)25-19(13-24-11-10-23-14-24)7-4-16-2-5-17(21)6-3-16;;/h2-3,5-6,8-12,14,19H,4,7,13,22H2,1H3;2*1H. The summed E-state index contributed by atoms with van der Waals surface area (Å²) < 4.78 is 8.28. The van der Waals surface area contributed by atoms with Gasteiger partial charge in [0.05, 0.1) is 12.9 Å². The van der Waals surface area contributed by atoms with E-state index >= 15 is 0 Å². The number of aromatic nitrogens is 2. The lowest BCUT2D eigenvalue weighted by atomic mass is 10.1. The Balaban J connectivity index is 0.00000182. The third kappa shape index (κ3) is 6.98. The minimum atomic E-state index is 0. The molecule has 1 atom stereocenters. The number of rotatable bonds is 7. The molecule has 0 radical (unpaired) electrons. The SMILES string of the molecule is Cc1cc(OC(CCc2ccc(Cl)cc2)Cn2ccnc2)ccc1N.Cl.Cl. The second kappa shape index (κ2) is 11.1. The lowest BCUT2D eigenvalue weighted by Crippen LogP contribution is -2.23. The highest BCUT2D eigenvalue weighted by atomic mass is 35.5. The lowest BCUT2D eigenvalue weighted by Gasteiger charge is -2.20. The second-order valence-corrected chi connectivity index (χ2v) is 6.62. The molecular weight excluding hydrogens is 405 g/mol. The van der Waals surface area contributed by atoms with Gasteiger partial charge in [-0.3, -0.25) is 0 Å².